The van der Waals surface area contributed by atoms with Gasteiger partial charge in [0.2, 0.25) is 5.89 Å². The SMILES string of the molecule is CCOC(=O)/C(C(C)=N)=C(\O)CSc1nnc(Cc2cccc3ccccc23)o1. The molecule has 3 rings (SSSR count). The van der Waals surface area contributed by atoms with Gasteiger partial charge in [0, 0.05) is 5.71 Å². The van der Waals surface area contributed by atoms with Crippen LogP contribution in [0.5, 0.6) is 0 Å². The maximum absolute atomic E-state index is 11.9. The molecule has 8 heteroatoms. The van der Waals surface area contributed by atoms with Gasteiger partial charge in [0.05, 0.1) is 18.8 Å². The molecule has 0 aliphatic carbocycles. The lowest BCUT2D eigenvalue weighted by atomic mass is 10.0. The number of fused-ring (bicyclic) bond motifs is 1. The molecule has 0 atom stereocenters. The van der Waals surface area contributed by atoms with E-state index in [1.54, 1.807) is 6.92 Å². The first-order valence-electron chi connectivity index (χ1n) is 9.06. The molecule has 0 saturated heterocycles. The molecule has 29 heavy (non-hydrogen) atoms. The van der Waals surface area contributed by atoms with Crippen molar-refractivity contribution >= 4 is 34.2 Å². The molecule has 0 radical (unpaired) electrons. The summed E-state index contributed by atoms with van der Waals surface area (Å²) in [5.41, 5.74) is 0.869. The molecule has 0 aliphatic rings. The third-order valence-corrected chi connectivity index (χ3v) is 4.98. The number of carbonyl (C=O) groups excluding carboxylic acids is 1. The Bertz CT molecular complexity index is 1070. The van der Waals surface area contributed by atoms with Gasteiger partial charge in [-0.05, 0) is 30.2 Å². The number of nitrogens with one attached hydrogen (secondary N) is 1. The van der Waals surface area contributed by atoms with Crippen molar-refractivity contribution in [1.29, 1.82) is 5.41 Å². The van der Waals surface area contributed by atoms with Gasteiger partial charge in [-0.1, -0.05) is 54.2 Å². The summed E-state index contributed by atoms with van der Waals surface area (Å²) in [6, 6.07) is 14.1. The number of rotatable bonds is 8. The van der Waals surface area contributed by atoms with E-state index in [4.69, 9.17) is 14.6 Å². The zero-order chi connectivity index (χ0) is 20.8. The number of benzene rings is 2. The molecule has 3 aromatic rings. The molecule has 1 heterocycles. The Hall–Kier alpha value is -3.13. The van der Waals surface area contributed by atoms with E-state index >= 15 is 0 Å². The summed E-state index contributed by atoms with van der Waals surface area (Å²) in [4.78, 5) is 11.9. The number of thioether (sulfide) groups is 1. The summed E-state index contributed by atoms with van der Waals surface area (Å²) in [6.07, 6.45) is 0.490. The van der Waals surface area contributed by atoms with Crippen LogP contribution < -0.4 is 0 Å². The van der Waals surface area contributed by atoms with Crippen LogP contribution in [0.2, 0.25) is 0 Å². The van der Waals surface area contributed by atoms with Crippen LogP contribution in [0.15, 0.2) is 63.4 Å². The molecular weight excluding hydrogens is 390 g/mol. The summed E-state index contributed by atoms with van der Waals surface area (Å²) in [7, 11) is 0. The maximum Gasteiger partial charge on any atom is 0.343 e. The average Bonchev–Trinajstić information content (AvgIpc) is 3.14. The van der Waals surface area contributed by atoms with Crippen molar-refractivity contribution in [3.05, 3.63) is 65.3 Å². The van der Waals surface area contributed by atoms with E-state index in [2.05, 4.69) is 28.4 Å². The largest absolute Gasteiger partial charge is 0.510 e. The number of ether oxygens (including phenoxy) is 1. The summed E-state index contributed by atoms with van der Waals surface area (Å²) in [6.45, 7) is 3.25. The molecule has 0 unspecified atom stereocenters. The molecule has 0 aliphatic heterocycles. The third kappa shape index (κ3) is 5.03. The van der Waals surface area contributed by atoms with Gasteiger partial charge < -0.3 is 19.7 Å². The van der Waals surface area contributed by atoms with Gasteiger partial charge in [0.25, 0.3) is 5.22 Å². The number of esters is 1. The number of aliphatic hydroxyl groups excluding tert-OH is 1. The molecule has 0 fully saturated rings. The molecule has 0 spiro atoms. The molecule has 0 saturated carbocycles. The number of aromatic nitrogens is 2. The smallest absolute Gasteiger partial charge is 0.343 e. The van der Waals surface area contributed by atoms with E-state index in [9.17, 15) is 9.90 Å². The fourth-order valence-corrected chi connectivity index (χ4v) is 3.53. The van der Waals surface area contributed by atoms with Crippen molar-refractivity contribution in [3.8, 4) is 0 Å². The van der Waals surface area contributed by atoms with Crippen LogP contribution >= 0.6 is 11.8 Å². The lowest BCUT2D eigenvalue weighted by molar-refractivity contribution is -0.138. The second-order valence-corrected chi connectivity index (χ2v) is 7.16. The van der Waals surface area contributed by atoms with Crippen LogP contribution in [0, 0.1) is 5.41 Å². The first-order valence-corrected chi connectivity index (χ1v) is 10.0. The zero-order valence-corrected chi connectivity index (χ0v) is 17.0. The first-order chi connectivity index (χ1) is 14.0. The average molecular weight is 411 g/mol. The Kier molecular flexibility index (Phi) is 6.66. The predicted octanol–water partition coefficient (Wildman–Crippen LogP) is 4.32. The van der Waals surface area contributed by atoms with Crippen molar-refractivity contribution in [1.82, 2.24) is 10.2 Å². The standard InChI is InChI=1S/C21H21N3O4S/c1-3-27-20(26)19(13(2)22)17(25)12-29-21-24-23-18(28-21)11-15-9-6-8-14-7-4-5-10-16(14)15/h4-10,22,25H,3,11-12H2,1-2H3/b19-17-,22-13?. The number of nitrogens with zero attached hydrogens (tertiary/aromatic N) is 2. The Morgan fingerprint density at radius 3 is 2.72 bits per heavy atom. The van der Waals surface area contributed by atoms with Gasteiger partial charge in [-0.3, -0.25) is 0 Å². The molecule has 2 N–H and O–H groups in total. The summed E-state index contributed by atoms with van der Waals surface area (Å²) >= 11 is 1.09. The van der Waals surface area contributed by atoms with E-state index in [-0.39, 0.29) is 34.6 Å². The fraction of sp³-hybridized carbons (Fsp3) is 0.238. The number of hydrogen-bond acceptors (Lipinski definition) is 8. The zero-order valence-electron chi connectivity index (χ0n) is 16.1. The van der Waals surface area contributed by atoms with Crippen molar-refractivity contribution < 1.29 is 19.1 Å². The van der Waals surface area contributed by atoms with Crippen LogP contribution in [-0.2, 0) is 16.0 Å². The Morgan fingerprint density at radius 2 is 1.97 bits per heavy atom. The molecular formula is C21H21N3O4S. The quantitative estimate of drug-likeness (QED) is 0.187. The number of carbonyl (C=O) groups is 1. The van der Waals surface area contributed by atoms with E-state index in [0.29, 0.717) is 12.3 Å². The van der Waals surface area contributed by atoms with E-state index in [1.165, 1.54) is 6.92 Å². The van der Waals surface area contributed by atoms with E-state index in [0.717, 1.165) is 28.1 Å². The van der Waals surface area contributed by atoms with Crippen LogP contribution in [0.25, 0.3) is 10.8 Å². The molecule has 150 valence electrons. The van der Waals surface area contributed by atoms with Crippen molar-refractivity contribution in [2.45, 2.75) is 25.5 Å². The lowest BCUT2D eigenvalue weighted by Gasteiger charge is -2.08. The van der Waals surface area contributed by atoms with Crippen molar-refractivity contribution in [2.24, 2.45) is 0 Å². The summed E-state index contributed by atoms with van der Waals surface area (Å²) < 4.78 is 10.6. The highest BCUT2D eigenvalue weighted by atomic mass is 32.2. The Balaban J connectivity index is 1.71. The highest BCUT2D eigenvalue weighted by Gasteiger charge is 2.20. The molecule has 2 aromatic carbocycles. The topological polar surface area (TPSA) is 109 Å². The number of aliphatic hydroxyl groups is 1. The minimum absolute atomic E-state index is 0.0142. The fourth-order valence-electron chi connectivity index (χ4n) is 2.87. The Labute approximate surface area is 172 Å². The van der Waals surface area contributed by atoms with Gasteiger partial charge in [-0.2, -0.15) is 0 Å². The Morgan fingerprint density at radius 1 is 1.21 bits per heavy atom. The third-order valence-electron chi connectivity index (χ3n) is 4.15. The van der Waals surface area contributed by atoms with Crippen LogP contribution in [-0.4, -0.2) is 39.3 Å². The minimum Gasteiger partial charge on any atom is -0.510 e. The normalized spacial score (nSPS) is 11.9. The van der Waals surface area contributed by atoms with Gasteiger partial charge in [0.1, 0.15) is 11.3 Å². The van der Waals surface area contributed by atoms with Crippen LogP contribution in [0.3, 0.4) is 0 Å². The summed E-state index contributed by atoms with van der Waals surface area (Å²) in [5, 5.41) is 28.5. The lowest BCUT2D eigenvalue weighted by Crippen LogP contribution is -2.16. The monoisotopic (exact) mass is 411 g/mol. The van der Waals surface area contributed by atoms with Gasteiger partial charge in [-0.15, -0.1) is 10.2 Å². The highest BCUT2D eigenvalue weighted by molar-refractivity contribution is 7.99. The highest BCUT2D eigenvalue weighted by Crippen LogP contribution is 2.24. The van der Waals surface area contributed by atoms with Crippen LogP contribution in [0.4, 0.5) is 0 Å². The van der Waals surface area contributed by atoms with Gasteiger partial charge in [-0.25, -0.2) is 4.79 Å². The molecule has 1 aromatic heterocycles. The predicted molar refractivity (Wildman–Crippen MR) is 111 cm³/mol. The van der Waals surface area contributed by atoms with Gasteiger partial charge >= 0.3 is 5.97 Å². The minimum atomic E-state index is -0.722. The van der Waals surface area contributed by atoms with E-state index < -0.39 is 5.97 Å². The number of hydrogen-bond donors (Lipinski definition) is 2. The first kappa shape index (κ1) is 20.6. The molecule has 0 bridgehead atoms. The molecule has 7 nitrogen and oxygen atoms in total. The van der Waals surface area contributed by atoms with Crippen molar-refractivity contribution in [2.75, 3.05) is 12.4 Å². The molecule has 0 amide bonds. The van der Waals surface area contributed by atoms with E-state index in [1.807, 2.05) is 24.3 Å². The summed E-state index contributed by atoms with van der Waals surface area (Å²) in [5.74, 6) is -0.503. The second kappa shape index (κ2) is 9.38. The maximum atomic E-state index is 11.9. The van der Waals surface area contributed by atoms with Gasteiger partial charge in [0.15, 0.2) is 0 Å². The second-order valence-electron chi connectivity index (χ2n) is 6.23. The van der Waals surface area contributed by atoms with Crippen molar-refractivity contribution in [3.63, 3.8) is 0 Å². The van der Waals surface area contributed by atoms with Crippen LogP contribution in [0.1, 0.15) is 25.3 Å².